The van der Waals surface area contributed by atoms with Gasteiger partial charge in [0.05, 0.1) is 12.3 Å². The summed E-state index contributed by atoms with van der Waals surface area (Å²) in [7, 11) is -2.08. The number of nitrogens with zero attached hydrogens (tertiary/aromatic N) is 3. The zero-order chi connectivity index (χ0) is 13.5. The van der Waals surface area contributed by atoms with Crippen molar-refractivity contribution in [1.82, 2.24) is 14.1 Å². The Kier molecular flexibility index (Phi) is 3.68. The van der Waals surface area contributed by atoms with Crippen LogP contribution in [-0.2, 0) is 17.1 Å². The highest BCUT2D eigenvalue weighted by Crippen LogP contribution is 2.31. The van der Waals surface area contributed by atoms with Crippen LogP contribution in [0.3, 0.4) is 0 Å². The van der Waals surface area contributed by atoms with Gasteiger partial charge >= 0.3 is 0 Å². The van der Waals surface area contributed by atoms with Crippen molar-refractivity contribution in [1.29, 1.82) is 0 Å². The second kappa shape index (κ2) is 4.80. The van der Waals surface area contributed by atoms with Gasteiger partial charge in [0.2, 0.25) is 10.0 Å². The van der Waals surface area contributed by atoms with Gasteiger partial charge in [0, 0.05) is 19.6 Å². The van der Waals surface area contributed by atoms with Gasteiger partial charge in [-0.3, -0.25) is 4.68 Å². The SMILES string of the molecule is Cc1nn(C)c(Cl)c1S(=O)(=O)N1CCC[C@H]1CO. The third-order valence-corrected chi connectivity index (χ3v) is 5.85. The van der Waals surface area contributed by atoms with Crippen molar-refractivity contribution in [2.24, 2.45) is 7.05 Å². The van der Waals surface area contributed by atoms with E-state index in [1.807, 2.05) is 0 Å². The summed E-state index contributed by atoms with van der Waals surface area (Å²) in [5.41, 5.74) is 0.381. The molecule has 0 bridgehead atoms. The molecule has 8 heteroatoms. The molecule has 0 aromatic carbocycles. The normalized spacial score (nSPS) is 21.7. The Balaban J connectivity index is 2.48. The van der Waals surface area contributed by atoms with Gasteiger partial charge in [-0.15, -0.1) is 0 Å². The second-order valence-electron chi connectivity index (χ2n) is 4.42. The van der Waals surface area contributed by atoms with Crippen molar-refractivity contribution < 1.29 is 13.5 Å². The second-order valence-corrected chi connectivity index (χ2v) is 6.61. The van der Waals surface area contributed by atoms with E-state index in [0.717, 1.165) is 6.42 Å². The van der Waals surface area contributed by atoms with Gasteiger partial charge in [-0.25, -0.2) is 8.42 Å². The van der Waals surface area contributed by atoms with Crippen molar-refractivity contribution in [2.75, 3.05) is 13.2 Å². The monoisotopic (exact) mass is 293 g/mol. The molecule has 102 valence electrons. The molecule has 2 rings (SSSR count). The fourth-order valence-electron chi connectivity index (χ4n) is 2.33. The van der Waals surface area contributed by atoms with E-state index in [2.05, 4.69) is 5.10 Å². The molecule has 1 aliphatic heterocycles. The minimum Gasteiger partial charge on any atom is -0.395 e. The number of hydrogen-bond acceptors (Lipinski definition) is 4. The molecule has 1 N–H and O–H groups in total. The van der Waals surface area contributed by atoms with Gasteiger partial charge in [0.25, 0.3) is 0 Å². The molecule has 0 amide bonds. The molecule has 0 unspecified atom stereocenters. The molecule has 2 heterocycles. The summed E-state index contributed by atoms with van der Waals surface area (Å²) in [6, 6.07) is -0.356. The van der Waals surface area contributed by atoms with Crippen molar-refractivity contribution >= 4 is 21.6 Å². The van der Waals surface area contributed by atoms with Crippen LogP contribution in [0.5, 0.6) is 0 Å². The molecular weight excluding hydrogens is 278 g/mol. The van der Waals surface area contributed by atoms with E-state index in [0.29, 0.717) is 18.7 Å². The number of hydrogen-bond donors (Lipinski definition) is 1. The number of aliphatic hydroxyl groups excluding tert-OH is 1. The molecule has 0 spiro atoms. The average Bonchev–Trinajstić information content (AvgIpc) is 2.85. The van der Waals surface area contributed by atoms with Crippen LogP contribution in [0.1, 0.15) is 18.5 Å². The molecular formula is C10H16ClN3O3S. The number of halogens is 1. The lowest BCUT2D eigenvalue weighted by Gasteiger charge is -2.22. The van der Waals surface area contributed by atoms with E-state index in [9.17, 15) is 13.5 Å². The van der Waals surface area contributed by atoms with E-state index in [-0.39, 0.29) is 22.7 Å². The van der Waals surface area contributed by atoms with Crippen LogP contribution >= 0.6 is 11.6 Å². The lowest BCUT2D eigenvalue weighted by molar-refractivity contribution is 0.213. The number of aromatic nitrogens is 2. The fraction of sp³-hybridized carbons (Fsp3) is 0.700. The van der Waals surface area contributed by atoms with Crippen LogP contribution < -0.4 is 0 Å². The van der Waals surface area contributed by atoms with Gasteiger partial charge in [0.1, 0.15) is 10.0 Å². The van der Waals surface area contributed by atoms with Crippen LogP contribution in [0.15, 0.2) is 4.90 Å². The summed E-state index contributed by atoms with van der Waals surface area (Å²) in [4.78, 5) is 0.0482. The first-order valence-corrected chi connectivity index (χ1v) is 7.53. The fourth-order valence-corrected chi connectivity index (χ4v) is 4.72. The van der Waals surface area contributed by atoms with Crippen molar-refractivity contribution in [3.05, 3.63) is 10.8 Å². The van der Waals surface area contributed by atoms with Crippen LogP contribution in [0.2, 0.25) is 5.15 Å². The predicted molar refractivity (Wildman–Crippen MR) is 67.0 cm³/mol. The highest BCUT2D eigenvalue weighted by molar-refractivity contribution is 7.89. The number of sulfonamides is 1. The summed E-state index contributed by atoms with van der Waals surface area (Å²) < 4.78 is 27.7. The summed E-state index contributed by atoms with van der Waals surface area (Å²) in [6.45, 7) is 1.86. The smallest absolute Gasteiger partial charge is 0.248 e. The quantitative estimate of drug-likeness (QED) is 0.882. The molecule has 18 heavy (non-hydrogen) atoms. The Labute approximate surface area is 111 Å². The van der Waals surface area contributed by atoms with Gasteiger partial charge in [-0.2, -0.15) is 9.40 Å². The van der Waals surface area contributed by atoms with Gasteiger partial charge in [-0.05, 0) is 19.8 Å². The topological polar surface area (TPSA) is 75.4 Å². The van der Waals surface area contributed by atoms with E-state index in [1.54, 1.807) is 14.0 Å². The third-order valence-electron chi connectivity index (χ3n) is 3.20. The molecule has 1 aliphatic rings. The molecule has 1 fully saturated rings. The highest BCUT2D eigenvalue weighted by Gasteiger charge is 2.38. The zero-order valence-electron chi connectivity index (χ0n) is 10.3. The molecule has 1 aromatic heterocycles. The Hall–Kier alpha value is -0.630. The van der Waals surface area contributed by atoms with Crippen LogP contribution in [-0.4, -0.2) is 46.8 Å². The number of aliphatic hydroxyl groups is 1. The summed E-state index contributed by atoms with van der Waals surface area (Å²) >= 11 is 6.00. The lowest BCUT2D eigenvalue weighted by Crippen LogP contribution is -2.37. The summed E-state index contributed by atoms with van der Waals surface area (Å²) in [6.07, 6.45) is 1.42. The Morgan fingerprint density at radius 1 is 1.56 bits per heavy atom. The van der Waals surface area contributed by atoms with Crippen molar-refractivity contribution in [3.8, 4) is 0 Å². The summed E-state index contributed by atoms with van der Waals surface area (Å²) in [5.74, 6) is 0. The van der Waals surface area contributed by atoms with Gasteiger partial charge in [-0.1, -0.05) is 11.6 Å². The average molecular weight is 294 g/mol. The third kappa shape index (κ3) is 2.05. The maximum Gasteiger partial charge on any atom is 0.248 e. The Morgan fingerprint density at radius 3 is 2.72 bits per heavy atom. The first-order valence-electron chi connectivity index (χ1n) is 5.71. The van der Waals surface area contributed by atoms with Gasteiger partial charge in [0.15, 0.2) is 0 Å². The largest absolute Gasteiger partial charge is 0.395 e. The molecule has 6 nitrogen and oxygen atoms in total. The van der Waals surface area contributed by atoms with E-state index >= 15 is 0 Å². The molecule has 1 aromatic rings. The Bertz CT molecular complexity index is 555. The van der Waals surface area contributed by atoms with Crippen molar-refractivity contribution in [3.63, 3.8) is 0 Å². The first-order chi connectivity index (χ1) is 8.39. The molecule has 1 atom stereocenters. The van der Waals surface area contributed by atoms with Crippen LogP contribution in [0.25, 0.3) is 0 Å². The molecule has 0 saturated carbocycles. The first kappa shape index (κ1) is 13.8. The van der Waals surface area contributed by atoms with Crippen LogP contribution in [0.4, 0.5) is 0 Å². The number of rotatable bonds is 3. The molecule has 0 radical (unpaired) electrons. The molecule has 1 saturated heterocycles. The summed E-state index contributed by atoms with van der Waals surface area (Å²) in [5, 5.41) is 13.4. The number of aryl methyl sites for hydroxylation is 2. The minimum absolute atomic E-state index is 0.0482. The zero-order valence-corrected chi connectivity index (χ0v) is 11.9. The maximum atomic E-state index is 12.5. The minimum atomic E-state index is -3.68. The highest BCUT2D eigenvalue weighted by atomic mass is 35.5. The van der Waals surface area contributed by atoms with E-state index in [4.69, 9.17) is 11.6 Å². The van der Waals surface area contributed by atoms with Crippen LogP contribution in [0, 0.1) is 6.92 Å². The maximum absolute atomic E-state index is 12.5. The Morgan fingerprint density at radius 2 is 2.22 bits per heavy atom. The van der Waals surface area contributed by atoms with Crippen molar-refractivity contribution in [2.45, 2.75) is 30.7 Å². The molecule has 0 aliphatic carbocycles. The van der Waals surface area contributed by atoms with Gasteiger partial charge < -0.3 is 5.11 Å². The predicted octanol–water partition coefficient (Wildman–Crippen LogP) is 0.527. The standard InChI is InChI=1S/C10H16ClN3O3S/c1-7-9(10(11)13(2)12-7)18(16,17)14-5-3-4-8(14)6-15/h8,15H,3-6H2,1-2H3/t8-/m0/s1. The van der Waals surface area contributed by atoms with E-state index in [1.165, 1.54) is 8.99 Å². The lowest BCUT2D eigenvalue weighted by atomic mass is 10.2. The van der Waals surface area contributed by atoms with E-state index < -0.39 is 10.0 Å².